The number of nitrogens with one attached hydrogen (secondary N) is 3. The molecule has 0 aliphatic carbocycles. The van der Waals surface area contributed by atoms with Crippen molar-refractivity contribution in [2.45, 2.75) is 59.7 Å². The molecule has 4 N–H and O–H groups in total. The summed E-state index contributed by atoms with van der Waals surface area (Å²) in [4.78, 5) is 38.0. The topological polar surface area (TPSA) is 117 Å². The Morgan fingerprint density at radius 1 is 1.03 bits per heavy atom. The van der Waals surface area contributed by atoms with Crippen LogP contribution in [0.2, 0.25) is 0 Å². The molecule has 0 aliphatic rings. The van der Waals surface area contributed by atoms with Crippen LogP contribution < -0.4 is 16.1 Å². The molecule has 0 bridgehead atoms. The molecule has 1 rings (SSSR count). The van der Waals surface area contributed by atoms with Gasteiger partial charge in [0.05, 0.1) is 5.92 Å². The second kappa shape index (κ2) is 11.7. The Morgan fingerprint density at radius 3 is 2.10 bits per heavy atom. The van der Waals surface area contributed by atoms with Crippen molar-refractivity contribution in [3.8, 4) is 0 Å². The van der Waals surface area contributed by atoms with Gasteiger partial charge in [0.15, 0.2) is 0 Å². The number of carbonyl (C=O) groups excluding carboxylic acids is 3. The molecule has 1 aromatic rings. The van der Waals surface area contributed by atoms with Crippen LogP contribution in [0.4, 0.5) is 0 Å². The second-order valence-electron chi connectivity index (χ2n) is 8.88. The van der Waals surface area contributed by atoms with E-state index in [4.69, 9.17) is 9.94 Å². The molecule has 0 spiro atoms. The maximum Gasteiger partial charge on any atom is 0.273 e. The molecule has 0 saturated carbocycles. The summed E-state index contributed by atoms with van der Waals surface area (Å²) in [7, 11) is 1.30. The third-order valence-corrected chi connectivity index (χ3v) is 4.77. The van der Waals surface area contributed by atoms with Crippen LogP contribution in [-0.4, -0.2) is 42.2 Å². The fourth-order valence-electron chi connectivity index (χ4n) is 3.21. The molecule has 1 unspecified atom stereocenters. The minimum atomic E-state index is -1.18. The zero-order valence-corrected chi connectivity index (χ0v) is 18.7. The van der Waals surface area contributed by atoms with Crippen molar-refractivity contribution in [2.75, 3.05) is 7.11 Å². The Bertz CT molecular complexity index is 700. The predicted octanol–water partition coefficient (Wildman–Crippen LogP) is 2.02. The average molecular weight is 422 g/mol. The summed E-state index contributed by atoms with van der Waals surface area (Å²) in [6.07, 6.45) is -0.828. The first-order valence-electron chi connectivity index (χ1n) is 10.1. The van der Waals surface area contributed by atoms with Crippen molar-refractivity contribution in [3.05, 3.63) is 35.9 Å². The number of ether oxygens (including phenoxy) is 1. The fraction of sp³-hybridized carbons (Fsp3) is 0.591. The normalized spacial score (nSPS) is 14.5. The van der Waals surface area contributed by atoms with Gasteiger partial charge < -0.3 is 15.4 Å². The molecule has 0 fully saturated rings. The molecular formula is C22H35N3O5. The highest BCUT2D eigenvalue weighted by molar-refractivity contribution is 5.92. The van der Waals surface area contributed by atoms with Crippen molar-refractivity contribution in [1.82, 2.24) is 16.1 Å². The van der Waals surface area contributed by atoms with Crippen molar-refractivity contribution in [2.24, 2.45) is 17.3 Å². The summed E-state index contributed by atoms with van der Waals surface area (Å²) in [5.41, 5.74) is 1.92. The van der Waals surface area contributed by atoms with E-state index in [0.29, 0.717) is 13.0 Å². The van der Waals surface area contributed by atoms with E-state index in [-0.39, 0.29) is 11.8 Å². The molecule has 0 saturated heterocycles. The van der Waals surface area contributed by atoms with Crippen LogP contribution in [0.1, 0.15) is 46.6 Å². The summed E-state index contributed by atoms with van der Waals surface area (Å²) in [5.74, 6) is -2.38. The minimum absolute atomic E-state index is 0.0879. The lowest BCUT2D eigenvalue weighted by atomic mass is 9.84. The van der Waals surface area contributed by atoms with E-state index >= 15 is 0 Å². The molecule has 1 aromatic carbocycles. The van der Waals surface area contributed by atoms with Crippen LogP contribution in [-0.2, 0) is 25.7 Å². The van der Waals surface area contributed by atoms with Gasteiger partial charge >= 0.3 is 0 Å². The number of hydroxylamine groups is 1. The van der Waals surface area contributed by atoms with Crippen LogP contribution in [0.5, 0.6) is 0 Å². The summed E-state index contributed by atoms with van der Waals surface area (Å²) in [5, 5.41) is 14.7. The lowest BCUT2D eigenvalue weighted by molar-refractivity contribution is -0.150. The zero-order chi connectivity index (χ0) is 22.9. The van der Waals surface area contributed by atoms with Gasteiger partial charge in [0.2, 0.25) is 11.8 Å². The van der Waals surface area contributed by atoms with Gasteiger partial charge in [-0.25, -0.2) is 5.48 Å². The Morgan fingerprint density at radius 2 is 1.63 bits per heavy atom. The van der Waals surface area contributed by atoms with Gasteiger partial charge in [-0.05, 0) is 23.3 Å². The van der Waals surface area contributed by atoms with Gasteiger partial charge in [0, 0.05) is 13.7 Å². The maximum absolute atomic E-state index is 13.1. The molecule has 0 aromatic heterocycles. The van der Waals surface area contributed by atoms with E-state index in [2.05, 4.69) is 10.6 Å². The third kappa shape index (κ3) is 7.76. The van der Waals surface area contributed by atoms with Gasteiger partial charge in [0.25, 0.3) is 5.91 Å². The number of hydrogen-bond donors (Lipinski definition) is 4. The van der Waals surface area contributed by atoms with Crippen molar-refractivity contribution in [3.63, 3.8) is 0 Å². The number of amides is 3. The van der Waals surface area contributed by atoms with Gasteiger partial charge in [-0.3, -0.25) is 19.6 Å². The van der Waals surface area contributed by atoms with Gasteiger partial charge in [-0.1, -0.05) is 65.0 Å². The van der Waals surface area contributed by atoms with E-state index in [9.17, 15) is 14.4 Å². The van der Waals surface area contributed by atoms with Gasteiger partial charge in [-0.2, -0.15) is 0 Å². The van der Waals surface area contributed by atoms with Crippen LogP contribution >= 0.6 is 0 Å². The highest BCUT2D eigenvalue weighted by Gasteiger charge is 2.39. The van der Waals surface area contributed by atoms with E-state index < -0.39 is 35.3 Å². The van der Waals surface area contributed by atoms with Crippen LogP contribution in [0.15, 0.2) is 30.3 Å². The molecule has 8 heteroatoms. The summed E-state index contributed by atoms with van der Waals surface area (Å²) >= 11 is 0. The molecule has 168 valence electrons. The number of benzene rings is 1. The second-order valence-corrected chi connectivity index (χ2v) is 8.88. The number of carbonyl (C=O) groups is 3. The Kier molecular flexibility index (Phi) is 9.95. The molecule has 8 nitrogen and oxygen atoms in total. The fourth-order valence-corrected chi connectivity index (χ4v) is 3.21. The largest absolute Gasteiger partial charge is 0.371 e. The summed E-state index contributed by atoms with van der Waals surface area (Å²) in [6, 6.07) is 8.65. The monoisotopic (exact) mass is 421 g/mol. The molecule has 3 amide bonds. The van der Waals surface area contributed by atoms with Crippen LogP contribution in [0.25, 0.3) is 0 Å². The van der Waals surface area contributed by atoms with Gasteiger partial charge in [-0.15, -0.1) is 0 Å². The number of methoxy groups -OCH3 is 1. The first-order chi connectivity index (χ1) is 14.0. The summed E-state index contributed by atoms with van der Waals surface area (Å²) < 4.78 is 5.19. The number of hydrogen-bond acceptors (Lipinski definition) is 5. The summed E-state index contributed by atoms with van der Waals surface area (Å²) in [6.45, 7) is 9.73. The molecule has 3 atom stereocenters. The Hall–Kier alpha value is -2.45. The zero-order valence-electron chi connectivity index (χ0n) is 18.7. The molecule has 0 heterocycles. The molecule has 30 heavy (non-hydrogen) atoms. The molecule has 0 radical (unpaired) electrons. The Labute approximate surface area is 178 Å². The van der Waals surface area contributed by atoms with E-state index in [1.165, 1.54) is 7.11 Å². The van der Waals surface area contributed by atoms with E-state index in [0.717, 1.165) is 5.56 Å². The SMILES string of the molecule is CO[C@H](C(=O)NO)[C@@H](CC(C)C)C(=O)NC(C(=O)NCc1ccccc1)C(C)(C)C. The number of rotatable bonds is 10. The predicted molar refractivity (Wildman–Crippen MR) is 113 cm³/mol. The van der Waals surface area contributed by atoms with E-state index in [1.54, 1.807) is 5.48 Å². The highest BCUT2D eigenvalue weighted by Crippen LogP contribution is 2.23. The molecular weight excluding hydrogens is 386 g/mol. The lowest BCUT2D eigenvalue weighted by Crippen LogP contribution is -2.56. The van der Waals surface area contributed by atoms with Crippen molar-refractivity contribution >= 4 is 17.7 Å². The standard InChI is InChI=1S/C22H35N3O5/c1-14(2)12-16(17(30-6)20(27)25-29)19(26)24-18(22(3,4)5)21(28)23-13-15-10-8-7-9-11-15/h7-11,14,16-18,29H,12-13H2,1-6H3,(H,23,28)(H,24,26)(H,25,27)/t16-,17+,18?/m1/s1. The quantitative estimate of drug-likeness (QED) is 0.341. The maximum atomic E-state index is 13.1. The van der Waals surface area contributed by atoms with Crippen molar-refractivity contribution in [1.29, 1.82) is 0 Å². The highest BCUT2D eigenvalue weighted by atomic mass is 16.5. The first kappa shape index (κ1) is 25.6. The minimum Gasteiger partial charge on any atom is -0.371 e. The van der Waals surface area contributed by atoms with Gasteiger partial charge in [0.1, 0.15) is 12.1 Å². The first-order valence-corrected chi connectivity index (χ1v) is 10.1. The third-order valence-electron chi connectivity index (χ3n) is 4.77. The van der Waals surface area contributed by atoms with Crippen LogP contribution in [0.3, 0.4) is 0 Å². The van der Waals surface area contributed by atoms with Crippen LogP contribution in [0, 0.1) is 17.3 Å². The smallest absolute Gasteiger partial charge is 0.273 e. The van der Waals surface area contributed by atoms with E-state index in [1.807, 2.05) is 65.0 Å². The van der Waals surface area contributed by atoms with Crippen molar-refractivity contribution < 1.29 is 24.3 Å². The molecule has 0 aliphatic heterocycles. The Balaban J connectivity index is 3.00. The lowest BCUT2D eigenvalue weighted by Gasteiger charge is -2.33. The average Bonchev–Trinajstić information content (AvgIpc) is 2.69.